The molecule has 0 aliphatic rings. The number of hydrogen-bond donors (Lipinski definition) is 0. The van der Waals surface area contributed by atoms with Gasteiger partial charge in [0, 0.05) is 19.3 Å². The second-order valence-electron chi connectivity index (χ2n) is 18.8. The second kappa shape index (κ2) is 62.8. The molecule has 0 fully saturated rings. The summed E-state index contributed by atoms with van der Waals surface area (Å²) in [4.78, 5) is 37.8. The molecule has 426 valence electrons. The van der Waals surface area contributed by atoms with Gasteiger partial charge in [0.25, 0.3) is 0 Å². The summed E-state index contributed by atoms with van der Waals surface area (Å²) in [7, 11) is 0. The molecule has 6 heteroatoms. The standard InChI is InChI=1S/C71H106O6/c1-4-7-10-13-15-17-19-21-23-25-27-28-29-30-31-32-33-34-35-36-37-38-39-40-41-42-44-45-47-49-51-53-55-58-61-64-70(73)76-67-68(66-75-69(72)63-60-57-12-9-6-3)77-71(74)65-62-59-56-54-52-50-48-46-43-26-24-22-20-18-16-14-11-8-5-2/h7-8,10-11,15-18,21-24,27-28,30-31,33-34,36-37,39-40,42-44,46-47,49-50,52,56,59,68H,4-6,9,12-14,19-20,25-26,29,32,35,38,41,45,48,51,53-55,57-58,60-67H2,1-3H3/b10-7-,11-8-,17-15-,18-16-,23-21-,24-22-,28-27-,31-30-,34-33-,37-36-,40-39-,44-42-,46-43-,49-47-,52-50-,59-56-. The van der Waals surface area contributed by atoms with E-state index in [2.05, 4.69) is 203 Å². The van der Waals surface area contributed by atoms with Crippen LogP contribution in [-0.4, -0.2) is 37.2 Å². The van der Waals surface area contributed by atoms with Gasteiger partial charge in [0.1, 0.15) is 13.2 Å². The van der Waals surface area contributed by atoms with Crippen molar-refractivity contribution < 1.29 is 28.6 Å². The molecule has 6 nitrogen and oxygen atoms in total. The zero-order chi connectivity index (χ0) is 55.7. The Bertz CT molecular complexity index is 1880. The highest BCUT2D eigenvalue weighted by molar-refractivity contribution is 5.71. The summed E-state index contributed by atoms with van der Waals surface area (Å²) >= 11 is 0. The van der Waals surface area contributed by atoms with Crippen molar-refractivity contribution in [1.29, 1.82) is 0 Å². The Labute approximate surface area is 471 Å². The molecule has 0 heterocycles. The highest BCUT2D eigenvalue weighted by Crippen LogP contribution is 2.11. The summed E-state index contributed by atoms with van der Waals surface area (Å²) in [5.74, 6) is -1.07. The van der Waals surface area contributed by atoms with Crippen LogP contribution in [-0.2, 0) is 28.6 Å². The number of unbranched alkanes of at least 4 members (excludes halogenated alkanes) is 8. The predicted octanol–water partition coefficient (Wildman–Crippen LogP) is 20.6. The molecule has 0 rings (SSSR count). The van der Waals surface area contributed by atoms with Crippen LogP contribution in [0.15, 0.2) is 194 Å². The van der Waals surface area contributed by atoms with E-state index < -0.39 is 12.1 Å². The summed E-state index contributed by atoms with van der Waals surface area (Å²) in [5, 5.41) is 0. The van der Waals surface area contributed by atoms with E-state index in [4.69, 9.17) is 14.2 Å². The second-order valence-corrected chi connectivity index (χ2v) is 18.8. The molecule has 0 saturated carbocycles. The van der Waals surface area contributed by atoms with Crippen LogP contribution in [0.5, 0.6) is 0 Å². The van der Waals surface area contributed by atoms with Crippen molar-refractivity contribution in [1.82, 2.24) is 0 Å². The molecule has 0 aliphatic heterocycles. The van der Waals surface area contributed by atoms with Gasteiger partial charge >= 0.3 is 17.9 Å². The summed E-state index contributed by atoms with van der Waals surface area (Å²) in [6.07, 6.45) is 96.3. The van der Waals surface area contributed by atoms with Crippen molar-refractivity contribution in [2.75, 3.05) is 13.2 Å². The lowest BCUT2D eigenvalue weighted by molar-refractivity contribution is -0.166. The van der Waals surface area contributed by atoms with Gasteiger partial charge in [-0.15, -0.1) is 0 Å². The molecule has 0 radical (unpaired) electrons. The van der Waals surface area contributed by atoms with Gasteiger partial charge in [-0.3, -0.25) is 14.4 Å². The molecular formula is C71H106O6. The average molecular weight is 1060 g/mol. The van der Waals surface area contributed by atoms with Crippen LogP contribution >= 0.6 is 0 Å². The van der Waals surface area contributed by atoms with E-state index >= 15 is 0 Å². The first kappa shape index (κ1) is 71.2. The SMILES string of the molecule is CC/C=C\C/C=C\C/C=C\C/C=C\C/C=C\C/C=C\C/C=C\C/C=C\C/C=C\C/C=C\CCCCCCC(=O)OCC(COC(=O)CCCCCCC)OC(=O)CC/C=C\C/C=C\C/C=C\C/C=C\C/C=C\C/C=C\CC. The lowest BCUT2D eigenvalue weighted by Crippen LogP contribution is -2.30. The summed E-state index contributed by atoms with van der Waals surface area (Å²) in [6, 6.07) is 0. The molecule has 0 bridgehead atoms. The van der Waals surface area contributed by atoms with Gasteiger partial charge in [-0.1, -0.05) is 254 Å². The number of ether oxygens (including phenoxy) is 3. The van der Waals surface area contributed by atoms with Crippen molar-refractivity contribution in [2.45, 2.75) is 219 Å². The van der Waals surface area contributed by atoms with Crippen molar-refractivity contribution in [2.24, 2.45) is 0 Å². The van der Waals surface area contributed by atoms with Crippen LogP contribution in [0.2, 0.25) is 0 Å². The fourth-order valence-corrected chi connectivity index (χ4v) is 7.20. The fraction of sp³-hybridized carbons (Fsp3) is 0.507. The summed E-state index contributed by atoms with van der Waals surface area (Å²) in [6.45, 7) is 6.21. The topological polar surface area (TPSA) is 78.9 Å². The number of carbonyl (C=O) groups is 3. The molecule has 0 spiro atoms. The van der Waals surface area contributed by atoms with E-state index in [1.807, 2.05) is 12.2 Å². The molecular weight excluding hydrogens is 949 g/mol. The highest BCUT2D eigenvalue weighted by Gasteiger charge is 2.19. The lowest BCUT2D eigenvalue weighted by atomic mass is 10.1. The molecule has 0 aromatic heterocycles. The number of rotatable bonds is 51. The van der Waals surface area contributed by atoms with E-state index in [1.54, 1.807) is 0 Å². The third-order valence-corrected chi connectivity index (χ3v) is 11.6. The van der Waals surface area contributed by atoms with Crippen molar-refractivity contribution in [3.05, 3.63) is 194 Å². The number of hydrogen-bond acceptors (Lipinski definition) is 6. The molecule has 1 atom stereocenters. The van der Waals surface area contributed by atoms with Gasteiger partial charge < -0.3 is 14.2 Å². The predicted molar refractivity (Wildman–Crippen MR) is 334 cm³/mol. The highest BCUT2D eigenvalue weighted by atomic mass is 16.6. The third kappa shape index (κ3) is 61.0. The Balaban J connectivity index is 4.25. The van der Waals surface area contributed by atoms with Crippen LogP contribution in [0.1, 0.15) is 213 Å². The maximum absolute atomic E-state index is 12.7. The molecule has 0 saturated heterocycles. The smallest absolute Gasteiger partial charge is 0.306 e. The molecule has 0 aromatic rings. The van der Waals surface area contributed by atoms with E-state index in [0.29, 0.717) is 19.3 Å². The maximum atomic E-state index is 12.7. The minimum absolute atomic E-state index is 0.127. The fourth-order valence-electron chi connectivity index (χ4n) is 7.20. The first-order valence-corrected chi connectivity index (χ1v) is 29.9. The Morgan fingerprint density at radius 3 is 0.831 bits per heavy atom. The van der Waals surface area contributed by atoms with Gasteiger partial charge in [0.05, 0.1) is 0 Å². The molecule has 0 amide bonds. The maximum Gasteiger partial charge on any atom is 0.306 e. The van der Waals surface area contributed by atoms with Gasteiger partial charge in [-0.25, -0.2) is 0 Å². The molecule has 0 N–H and O–H groups in total. The Hall–Kier alpha value is -5.75. The third-order valence-electron chi connectivity index (χ3n) is 11.6. The zero-order valence-corrected chi connectivity index (χ0v) is 48.6. The quantitative estimate of drug-likeness (QED) is 0.0261. The van der Waals surface area contributed by atoms with Gasteiger partial charge in [0.2, 0.25) is 0 Å². The lowest BCUT2D eigenvalue weighted by Gasteiger charge is -2.18. The zero-order valence-electron chi connectivity index (χ0n) is 48.6. The molecule has 77 heavy (non-hydrogen) atoms. The first-order chi connectivity index (χ1) is 38.0. The van der Waals surface area contributed by atoms with Crippen LogP contribution < -0.4 is 0 Å². The van der Waals surface area contributed by atoms with Crippen LogP contribution in [0.4, 0.5) is 0 Å². The van der Waals surface area contributed by atoms with E-state index in [9.17, 15) is 14.4 Å². The number of esters is 3. The number of carbonyl (C=O) groups excluding carboxylic acids is 3. The molecule has 0 aliphatic carbocycles. The first-order valence-electron chi connectivity index (χ1n) is 29.9. The molecule has 1 unspecified atom stereocenters. The van der Waals surface area contributed by atoms with E-state index in [0.717, 1.165) is 167 Å². The van der Waals surface area contributed by atoms with Crippen molar-refractivity contribution in [3.8, 4) is 0 Å². The Morgan fingerprint density at radius 2 is 0.532 bits per heavy atom. The number of allylic oxidation sites excluding steroid dienone is 32. The van der Waals surface area contributed by atoms with Crippen LogP contribution in [0.3, 0.4) is 0 Å². The Morgan fingerprint density at radius 1 is 0.273 bits per heavy atom. The minimum Gasteiger partial charge on any atom is -0.462 e. The van der Waals surface area contributed by atoms with E-state index in [-0.39, 0.29) is 31.6 Å². The van der Waals surface area contributed by atoms with Crippen molar-refractivity contribution in [3.63, 3.8) is 0 Å². The normalized spacial score (nSPS) is 13.5. The minimum atomic E-state index is -0.836. The monoisotopic (exact) mass is 1050 g/mol. The van der Waals surface area contributed by atoms with Crippen molar-refractivity contribution >= 4 is 17.9 Å². The van der Waals surface area contributed by atoms with E-state index in [1.165, 1.54) is 0 Å². The average Bonchev–Trinajstić information content (AvgIpc) is 3.43. The summed E-state index contributed by atoms with van der Waals surface area (Å²) in [5.41, 5.74) is 0. The van der Waals surface area contributed by atoms with Crippen LogP contribution in [0.25, 0.3) is 0 Å². The summed E-state index contributed by atoms with van der Waals surface area (Å²) < 4.78 is 16.6. The van der Waals surface area contributed by atoms with Gasteiger partial charge in [-0.05, 0) is 135 Å². The molecule has 0 aromatic carbocycles. The Kier molecular flexibility index (Phi) is 58.1. The van der Waals surface area contributed by atoms with Gasteiger partial charge in [-0.2, -0.15) is 0 Å². The largest absolute Gasteiger partial charge is 0.462 e. The van der Waals surface area contributed by atoms with Gasteiger partial charge in [0.15, 0.2) is 6.10 Å². The van der Waals surface area contributed by atoms with Crippen LogP contribution in [0, 0.1) is 0 Å².